The summed E-state index contributed by atoms with van der Waals surface area (Å²) in [5.41, 5.74) is 13.7. The maximum absolute atomic E-state index is 11.6. The van der Waals surface area contributed by atoms with Crippen LogP contribution in [0.1, 0.15) is 62.5 Å². The summed E-state index contributed by atoms with van der Waals surface area (Å²) >= 11 is 0. The van der Waals surface area contributed by atoms with Crippen LogP contribution in [0, 0.1) is 0 Å². The number of ether oxygens (including phenoxy) is 2. The molecule has 2 fully saturated rings. The lowest BCUT2D eigenvalue weighted by atomic mass is 9.92. The molecule has 36 heavy (non-hydrogen) atoms. The van der Waals surface area contributed by atoms with Gasteiger partial charge in [-0.2, -0.15) is 0 Å². The van der Waals surface area contributed by atoms with E-state index in [9.17, 15) is 9.59 Å². The number of amides is 2. The molecule has 2 saturated carbocycles. The highest BCUT2D eigenvalue weighted by molar-refractivity contribution is 5.68. The SMILES string of the molecule is N[C@@H]1CCC[C@H](NC(=O)OCc2ccccc2)C1.N[C@H]1CCC[C@@H](NC(=O)OCc2ccccc2)C1. The summed E-state index contributed by atoms with van der Waals surface area (Å²) in [7, 11) is 0. The van der Waals surface area contributed by atoms with Crippen molar-refractivity contribution in [3.05, 3.63) is 71.8 Å². The molecule has 4 rings (SSSR count). The first-order valence-corrected chi connectivity index (χ1v) is 12.9. The van der Waals surface area contributed by atoms with Crippen LogP contribution in [-0.4, -0.2) is 36.4 Å². The van der Waals surface area contributed by atoms with Crippen molar-refractivity contribution in [2.45, 2.75) is 88.7 Å². The number of nitrogens with two attached hydrogens (primary N) is 2. The summed E-state index contributed by atoms with van der Waals surface area (Å²) in [5.74, 6) is 0. The number of carbonyl (C=O) groups excluding carboxylic acids is 2. The van der Waals surface area contributed by atoms with Crippen molar-refractivity contribution < 1.29 is 19.1 Å². The topological polar surface area (TPSA) is 129 Å². The molecule has 0 aliphatic heterocycles. The third-order valence-electron chi connectivity index (χ3n) is 6.50. The molecule has 0 bridgehead atoms. The van der Waals surface area contributed by atoms with Gasteiger partial charge in [-0.05, 0) is 62.5 Å². The predicted octanol–water partition coefficient (Wildman–Crippen LogP) is 4.37. The molecule has 0 spiro atoms. The van der Waals surface area contributed by atoms with Gasteiger partial charge in [0.2, 0.25) is 0 Å². The standard InChI is InChI=1S/2C14H20N2O2/c2*15-12-7-4-8-13(9-12)16-14(17)18-10-11-5-2-1-3-6-11/h2*1-3,5-6,12-13H,4,7-10,15H2,(H,16,17)/t2*12-,13+/m10/s1. The highest BCUT2D eigenvalue weighted by Crippen LogP contribution is 2.18. The van der Waals surface area contributed by atoms with Crippen LogP contribution in [0.3, 0.4) is 0 Å². The highest BCUT2D eigenvalue weighted by atomic mass is 16.6. The minimum Gasteiger partial charge on any atom is -0.445 e. The summed E-state index contributed by atoms with van der Waals surface area (Å²) in [6.07, 6.45) is 7.24. The molecule has 8 heteroatoms. The smallest absolute Gasteiger partial charge is 0.407 e. The Morgan fingerprint density at radius 3 is 1.42 bits per heavy atom. The fraction of sp³-hybridized carbons (Fsp3) is 0.500. The fourth-order valence-corrected chi connectivity index (χ4v) is 4.58. The Kier molecular flexibility index (Phi) is 11.5. The first-order chi connectivity index (χ1) is 17.5. The highest BCUT2D eigenvalue weighted by Gasteiger charge is 2.22. The Bertz CT molecular complexity index is 837. The molecular weight excluding hydrogens is 456 g/mol. The van der Waals surface area contributed by atoms with Gasteiger partial charge in [0.05, 0.1) is 0 Å². The lowest BCUT2D eigenvalue weighted by molar-refractivity contribution is 0.131. The van der Waals surface area contributed by atoms with E-state index in [2.05, 4.69) is 10.6 Å². The molecule has 2 aromatic rings. The molecule has 0 radical (unpaired) electrons. The average molecular weight is 497 g/mol. The largest absolute Gasteiger partial charge is 0.445 e. The van der Waals surface area contributed by atoms with Gasteiger partial charge >= 0.3 is 12.2 Å². The van der Waals surface area contributed by atoms with E-state index in [0.717, 1.165) is 62.5 Å². The van der Waals surface area contributed by atoms with E-state index < -0.39 is 0 Å². The molecule has 0 heterocycles. The molecule has 2 aromatic carbocycles. The second-order valence-electron chi connectivity index (χ2n) is 9.66. The Labute approximate surface area is 214 Å². The van der Waals surface area contributed by atoms with Crippen LogP contribution in [0.2, 0.25) is 0 Å². The van der Waals surface area contributed by atoms with E-state index in [0.29, 0.717) is 13.2 Å². The van der Waals surface area contributed by atoms with E-state index >= 15 is 0 Å². The van der Waals surface area contributed by atoms with Crippen LogP contribution in [0.25, 0.3) is 0 Å². The summed E-state index contributed by atoms with van der Waals surface area (Å²) in [6, 6.07) is 20.1. The lowest BCUT2D eigenvalue weighted by Crippen LogP contribution is -2.42. The maximum atomic E-state index is 11.6. The van der Waals surface area contributed by atoms with Crippen LogP contribution in [0.4, 0.5) is 9.59 Å². The predicted molar refractivity (Wildman–Crippen MR) is 140 cm³/mol. The van der Waals surface area contributed by atoms with Crippen molar-refractivity contribution in [3.8, 4) is 0 Å². The minimum atomic E-state index is -0.349. The van der Waals surface area contributed by atoms with Gasteiger partial charge in [-0.25, -0.2) is 9.59 Å². The van der Waals surface area contributed by atoms with Gasteiger partial charge in [0.1, 0.15) is 13.2 Å². The third kappa shape index (κ3) is 10.7. The zero-order valence-electron chi connectivity index (χ0n) is 20.9. The lowest BCUT2D eigenvalue weighted by Gasteiger charge is -2.26. The second-order valence-corrected chi connectivity index (χ2v) is 9.66. The van der Waals surface area contributed by atoms with E-state index in [4.69, 9.17) is 20.9 Å². The monoisotopic (exact) mass is 496 g/mol. The second kappa shape index (κ2) is 15.1. The summed E-state index contributed by atoms with van der Waals surface area (Å²) in [5, 5.41) is 5.76. The van der Waals surface area contributed by atoms with Crippen LogP contribution in [0.15, 0.2) is 60.7 Å². The van der Waals surface area contributed by atoms with Gasteiger partial charge in [0.25, 0.3) is 0 Å². The molecule has 0 unspecified atom stereocenters. The van der Waals surface area contributed by atoms with Crippen molar-refractivity contribution in [2.75, 3.05) is 0 Å². The maximum Gasteiger partial charge on any atom is 0.407 e. The average Bonchev–Trinajstić information content (AvgIpc) is 2.88. The Hall–Kier alpha value is -3.10. The molecule has 8 nitrogen and oxygen atoms in total. The molecule has 2 amide bonds. The van der Waals surface area contributed by atoms with Crippen molar-refractivity contribution in [1.29, 1.82) is 0 Å². The first kappa shape index (κ1) is 27.5. The van der Waals surface area contributed by atoms with Gasteiger partial charge in [0.15, 0.2) is 0 Å². The van der Waals surface area contributed by atoms with Crippen LogP contribution in [0.5, 0.6) is 0 Å². The summed E-state index contributed by atoms with van der Waals surface area (Å²) in [4.78, 5) is 23.2. The number of rotatable bonds is 6. The molecule has 6 N–H and O–H groups in total. The molecular formula is C28H40N4O4. The van der Waals surface area contributed by atoms with Crippen LogP contribution >= 0.6 is 0 Å². The molecule has 2 aliphatic rings. The normalized spacial score (nSPS) is 23.4. The van der Waals surface area contributed by atoms with E-state index in [1.165, 1.54) is 0 Å². The molecule has 4 atom stereocenters. The number of benzene rings is 2. The third-order valence-corrected chi connectivity index (χ3v) is 6.50. The quantitative estimate of drug-likeness (QED) is 0.470. The van der Waals surface area contributed by atoms with Gasteiger partial charge in [-0.1, -0.05) is 60.7 Å². The van der Waals surface area contributed by atoms with Gasteiger partial charge < -0.3 is 31.6 Å². The number of carbonyl (C=O) groups is 2. The molecule has 0 saturated heterocycles. The van der Waals surface area contributed by atoms with E-state index in [1.807, 2.05) is 60.7 Å². The van der Waals surface area contributed by atoms with Crippen molar-refractivity contribution in [2.24, 2.45) is 11.5 Å². The van der Waals surface area contributed by atoms with Gasteiger partial charge in [-0.15, -0.1) is 0 Å². The van der Waals surface area contributed by atoms with E-state index in [1.54, 1.807) is 0 Å². The Morgan fingerprint density at radius 2 is 1.06 bits per heavy atom. The zero-order valence-corrected chi connectivity index (χ0v) is 20.9. The Balaban J connectivity index is 0.000000201. The van der Waals surface area contributed by atoms with E-state index in [-0.39, 0.29) is 36.4 Å². The summed E-state index contributed by atoms with van der Waals surface area (Å²) in [6.45, 7) is 0.622. The number of alkyl carbamates (subject to hydrolysis) is 2. The zero-order chi connectivity index (χ0) is 25.6. The number of hydrogen-bond donors (Lipinski definition) is 4. The number of hydrogen-bond acceptors (Lipinski definition) is 6. The van der Waals surface area contributed by atoms with Gasteiger partial charge in [0, 0.05) is 24.2 Å². The molecule has 2 aliphatic carbocycles. The van der Waals surface area contributed by atoms with Crippen LogP contribution in [-0.2, 0) is 22.7 Å². The van der Waals surface area contributed by atoms with Gasteiger partial charge in [-0.3, -0.25) is 0 Å². The minimum absolute atomic E-state index is 0.164. The van der Waals surface area contributed by atoms with Crippen molar-refractivity contribution >= 4 is 12.2 Å². The number of nitrogens with one attached hydrogen (secondary N) is 2. The first-order valence-electron chi connectivity index (χ1n) is 12.9. The molecule has 0 aromatic heterocycles. The fourth-order valence-electron chi connectivity index (χ4n) is 4.58. The van der Waals surface area contributed by atoms with Crippen molar-refractivity contribution in [1.82, 2.24) is 10.6 Å². The van der Waals surface area contributed by atoms with Crippen LogP contribution < -0.4 is 22.1 Å². The summed E-state index contributed by atoms with van der Waals surface area (Å²) < 4.78 is 10.4. The van der Waals surface area contributed by atoms with Crippen molar-refractivity contribution in [3.63, 3.8) is 0 Å². The Morgan fingerprint density at radius 1 is 0.667 bits per heavy atom. The molecule has 196 valence electrons.